The normalized spacial score (nSPS) is 19.8. The SMILES string of the molecule is CN(c1ccc(-c2ccc(-n3ccnn3)cc2O)nn1)[C@@H]1CCCC[C@@H]1F. The van der Waals surface area contributed by atoms with Gasteiger partial charge in [-0.3, -0.25) is 0 Å². The van der Waals surface area contributed by atoms with Crippen LogP contribution in [-0.4, -0.2) is 49.6 Å². The lowest BCUT2D eigenvalue weighted by Crippen LogP contribution is -2.41. The topological polar surface area (TPSA) is 80.0 Å². The van der Waals surface area contributed by atoms with E-state index in [1.807, 2.05) is 24.1 Å². The largest absolute Gasteiger partial charge is 0.507 e. The first kappa shape index (κ1) is 17.4. The molecule has 2 aromatic heterocycles. The van der Waals surface area contributed by atoms with Gasteiger partial charge in [-0.2, -0.15) is 0 Å². The number of rotatable bonds is 4. The summed E-state index contributed by atoms with van der Waals surface area (Å²) in [6.07, 6.45) is 5.84. The Morgan fingerprint density at radius 3 is 2.67 bits per heavy atom. The summed E-state index contributed by atoms with van der Waals surface area (Å²) in [6.45, 7) is 0. The van der Waals surface area contributed by atoms with Crippen molar-refractivity contribution in [3.63, 3.8) is 0 Å². The number of anilines is 1. The van der Waals surface area contributed by atoms with Crippen LogP contribution in [0.15, 0.2) is 42.7 Å². The van der Waals surface area contributed by atoms with Gasteiger partial charge in [-0.15, -0.1) is 15.3 Å². The third-order valence-electron chi connectivity index (χ3n) is 5.10. The molecule has 8 heteroatoms. The Bertz CT molecular complexity index is 899. The summed E-state index contributed by atoms with van der Waals surface area (Å²) in [5.74, 6) is 0.710. The van der Waals surface area contributed by atoms with E-state index < -0.39 is 6.17 Å². The highest BCUT2D eigenvalue weighted by molar-refractivity contribution is 5.68. The first-order valence-corrected chi connectivity index (χ1v) is 9.04. The molecule has 2 atom stereocenters. The van der Waals surface area contributed by atoms with E-state index in [1.165, 1.54) is 0 Å². The fraction of sp³-hybridized carbons (Fsp3) is 0.368. The van der Waals surface area contributed by atoms with E-state index in [9.17, 15) is 9.50 Å². The number of hydrogen-bond donors (Lipinski definition) is 1. The van der Waals surface area contributed by atoms with E-state index in [2.05, 4.69) is 20.5 Å². The molecule has 7 nitrogen and oxygen atoms in total. The summed E-state index contributed by atoms with van der Waals surface area (Å²) in [5.41, 5.74) is 1.82. The highest BCUT2D eigenvalue weighted by Gasteiger charge is 2.29. The van der Waals surface area contributed by atoms with Crippen LogP contribution >= 0.6 is 0 Å². The molecular formula is C19H21FN6O. The van der Waals surface area contributed by atoms with Crippen molar-refractivity contribution in [1.82, 2.24) is 25.2 Å². The molecule has 1 aliphatic carbocycles. The van der Waals surface area contributed by atoms with E-state index in [0.29, 0.717) is 29.2 Å². The number of hydrogen-bond acceptors (Lipinski definition) is 6. The predicted molar refractivity (Wildman–Crippen MR) is 99.6 cm³/mol. The lowest BCUT2D eigenvalue weighted by atomic mass is 9.92. The van der Waals surface area contributed by atoms with Gasteiger partial charge in [0, 0.05) is 18.7 Å². The van der Waals surface area contributed by atoms with Crippen molar-refractivity contribution in [2.45, 2.75) is 37.9 Å². The maximum Gasteiger partial charge on any atom is 0.151 e. The van der Waals surface area contributed by atoms with Crippen LogP contribution in [0.4, 0.5) is 10.2 Å². The number of nitrogens with zero attached hydrogens (tertiary/aromatic N) is 6. The minimum Gasteiger partial charge on any atom is -0.507 e. The number of aromatic hydroxyl groups is 1. The number of benzene rings is 1. The molecule has 0 amide bonds. The number of phenols is 1. The monoisotopic (exact) mass is 368 g/mol. The van der Waals surface area contributed by atoms with Gasteiger partial charge in [-0.1, -0.05) is 18.1 Å². The number of halogens is 1. The molecule has 1 aromatic carbocycles. The molecule has 0 radical (unpaired) electrons. The fourth-order valence-electron chi connectivity index (χ4n) is 3.55. The van der Waals surface area contributed by atoms with Gasteiger partial charge in [0.15, 0.2) is 5.82 Å². The molecule has 140 valence electrons. The van der Waals surface area contributed by atoms with Gasteiger partial charge in [0.2, 0.25) is 0 Å². The van der Waals surface area contributed by atoms with E-state index >= 15 is 0 Å². The number of phenolic OH excluding ortho intramolecular Hbond substituents is 1. The maximum absolute atomic E-state index is 14.2. The molecule has 27 heavy (non-hydrogen) atoms. The lowest BCUT2D eigenvalue weighted by Gasteiger charge is -2.34. The second-order valence-corrected chi connectivity index (χ2v) is 6.80. The number of aromatic nitrogens is 5. The fourth-order valence-corrected chi connectivity index (χ4v) is 3.55. The smallest absolute Gasteiger partial charge is 0.151 e. The molecule has 3 aromatic rings. The Kier molecular flexibility index (Phi) is 4.70. The van der Waals surface area contributed by atoms with Crippen molar-refractivity contribution >= 4 is 5.82 Å². The molecule has 4 rings (SSSR count). The third-order valence-corrected chi connectivity index (χ3v) is 5.10. The van der Waals surface area contributed by atoms with Crippen molar-refractivity contribution in [3.8, 4) is 22.7 Å². The van der Waals surface area contributed by atoms with Crippen LogP contribution in [-0.2, 0) is 0 Å². The van der Waals surface area contributed by atoms with Crippen molar-refractivity contribution in [3.05, 3.63) is 42.7 Å². The van der Waals surface area contributed by atoms with E-state index in [1.54, 1.807) is 35.3 Å². The quantitative estimate of drug-likeness (QED) is 0.762. The molecule has 0 saturated heterocycles. The molecule has 0 aliphatic heterocycles. The minimum absolute atomic E-state index is 0.0782. The van der Waals surface area contributed by atoms with E-state index in [0.717, 1.165) is 19.3 Å². The first-order valence-electron chi connectivity index (χ1n) is 9.04. The third kappa shape index (κ3) is 3.47. The molecular weight excluding hydrogens is 347 g/mol. The van der Waals surface area contributed by atoms with Gasteiger partial charge >= 0.3 is 0 Å². The Morgan fingerprint density at radius 2 is 2.00 bits per heavy atom. The molecule has 0 spiro atoms. The summed E-state index contributed by atoms with van der Waals surface area (Å²) in [7, 11) is 1.86. The Balaban J connectivity index is 1.55. The summed E-state index contributed by atoms with van der Waals surface area (Å²) in [4.78, 5) is 1.87. The summed E-state index contributed by atoms with van der Waals surface area (Å²) < 4.78 is 15.8. The van der Waals surface area contributed by atoms with Crippen LogP contribution in [0.1, 0.15) is 25.7 Å². The van der Waals surface area contributed by atoms with E-state index in [-0.39, 0.29) is 11.8 Å². The average molecular weight is 368 g/mol. The first-order chi connectivity index (χ1) is 13.1. The van der Waals surface area contributed by atoms with Gasteiger partial charge < -0.3 is 10.0 Å². The highest BCUT2D eigenvalue weighted by atomic mass is 19.1. The minimum atomic E-state index is -0.835. The molecule has 1 fully saturated rings. The van der Waals surface area contributed by atoms with Gasteiger partial charge in [0.25, 0.3) is 0 Å². The van der Waals surface area contributed by atoms with Crippen molar-refractivity contribution in [2.75, 3.05) is 11.9 Å². The Labute approximate surface area is 156 Å². The van der Waals surface area contributed by atoms with Crippen molar-refractivity contribution < 1.29 is 9.50 Å². The Morgan fingerprint density at radius 1 is 1.15 bits per heavy atom. The van der Waals surface area contributed by atoms with Gasteiger partial charge in [-0.05, 0) is 37.1 Å². The highest BCUT2D eigenvalue weighted by Crippen LogP contribution is 2.31. The van der Waals surface area contributed by atoms with Crippen LogP contribution in [0.2, 0.25) is 0 Å². The van der Waals surface area contributed by atoms with Crippen LogP contribution in [0.5, 0.6) is 5.75 Å². The lowest BCUT2D eigenvalue weighted by molar-refractivity contribution is 0.213. The second-order valence-electron chi connectivity index (χ2n) is 6.80. The predicted octanol–water partition coefficient (Wildman–Crippen LogP) is 3.15. The maximum atomic E-state index is 14.2. The van der Waals surface area contributed by atoms with Crippen LogP contribution in [0.25, 0.3) is 16.9 Å². The number of alkyl halides is 1. The standard InChI is InChI=1S/C19H21FN6O/c1-25(17-5-3-2-4-15(17)20)19-9-8-16(22-23-19)14-7-6-13(12-18(14)27)26-11-10-21-24-26/h6-12,15,17,27H,2-5H2,1H3/t15-,17+/m0/s1. The molecule has 1 saturated carbocycles. The molecule has 0 bridgehead atoms. The van der Waals surface area contributed by atoms with E-state index in [4.69, 9.17) is 0 Å². The zero-order valence-corrected chi connectivity index (χ0v) is 15.0. The molecule has 1 N–H and O–H groups in total. The van der Waals surface area contributed by atoms with Gasteiger partial charge in [0.05, 0.1) is 29.8 Å². The van der Waals surface area contributed by atoms with Crippen molar-refractivity contribution in [1.29, 1.82) is 0 Å². The Hall–Kier alpha value is -3.03. The average Bonchev–Trinajstić information content (AvgIpc) is 3.23. The molecule has 0 unspecified atom stereocenters. The molecule has 2 heterocycles. The summed E-state index contributed by atoms with van der Waals surface area (Å²) >= 11 is 0. The van der Waals surface area contributed by atoms with Gasteiger partial charge in [-0.25, -0.2) is 9.07 Å². The molecule has 1 aliphatic rings. The van der Waals surface area contributed by atoms with Gasteiger partial charge in [0.1, 0.15) is 11.9 Å². The van der Waals surface area contributed by atoms with Crippen LogP contribution in [0.3, 0.4) is 0 Å². The van der Waals surface area contributed by atoms with Crippen molar-refractivity contribution in [2.24, 2.45) is 0 Å². The zero-order valence-electron chi connectivity index (χ0n) is 15.0. The van der Waals surface area contributed by atoms with Crippen LogP contribution < -0.4 is 4.90 Å². The summed E-state index contributed by atoms with van der Waals surface area (Å²) in [6, 6.07) is 8.63. The zero-order chi connectivity index (χ0) is 18.8. The van der Waals surface area contributed by atoms with Crippen LogP contribution in [0, 0.1) is 0 Å². The second kappa shape index (κ2) is 7.30. The summed E-state index contributed by atoms with van der Waals surface area (Å²) in [5, 5.41) is 26.5.